The number of likely N-dealkylation sites (tertiary alicyclic amines) is 1. The van der Waals surface area contributed by atoms with Crippen LogP contribution in [0.5, 0.6) is 5.75 Å². The fourth-order valence-corrected chi connectivity index (χ4v) is 2.68. The summed E-state index contributed by atoms with van der Waals surface area (Å²) >= 11 is 0. The zero-order valence-electron chi connectivity index (χ0n) is 12.0. The Morgan fingerprint density at radius 2 is 2.20 bits per heavy atom. The van der Waals surface area contributed by atoms with E-state index in [2.05, 4.69) is 0 Å². The van der Waals surface area contributed by atoms with Crippen LogP contribution in [-0.4, -0.2) is 31.0 Å². The van der Waals surface area contributed by atoms with Crippen molar-refractivity contribution < 1.29 is 9.53 Å². The average Bonchev–Trinajstić information content (AvgIpc) is 2.94. The van der Waals surface area contributed by atoms with Crippen LogP contribution in [0.1, 0.15) is 31.4 Å². The van der Waals surface area contributed by atoms with Gasteiger partial charge >= 0.3 is 0 Å². The number of carbonyl (C=O) groups excluding carboxylic acids is 1. The van der Waals surface area contributed by atoms with Crippen molar-refractivity contribution in [2.75, 3.05) is 20.2 Å². The van der Waals surface area contributed by atoms with E-state index in [1.807, 2.05) is 36.1 Å². The van der Waals surface area contributed by atoms with E-state index in [4.69, 9.17) is 10.5 Å². The first-order valence-corrected chi connectivity index (χ1v) is 6.82. The normalized spacial score (nSPS) is 19.4. The van der Waals surface area contributed by atoms with Crippen LogP contribution in [0.4, 0.5) is 0 Å². The second-order valence-electron chi connectivity index (χ2n) is 5.07. The Hall–Kier alpha value is -1.26. The van der Waals surface area contributed by atoms with Gasteiger partial charge in [0.05, 0.1) is 13.2 Å². The number of nitrogens with zero attached hydrogens (tertiary/aromatic N) is 1. The van der Waals surface area contributed by atoms with Gasteiger partial charge in [-0.2, -0.15) is 0 Å². The molecule has 1 amide bonds. The Bertz CT molecular complexity index is 453. The van der Waals surface area contributed by atoms with E-state index in [0.717, 1.165) is 30.7 Å². The molecular weight excluding hydrogens is 276 g/mol. The SMILES string of the molecule is COc1ccccc1C1CCCN1C(=O)C(C)CN.Cl. The molecule has 0 radical (unpaired) electrons. The first kappa shape index (κ1) is 16.8. The Labute approximate surface area is 126 Å². The highest BCUT2D eigenvalue weighted by Gasteiger charge is 2.33. The van der Waals surface area contributed by atoms with Gasteiger partial charge in [0, 0.05) is 24.6 Å². The Balaban J connectivity index is 0.00000200. The summed E-state index contributed by atoms with van der Waals surface area (Å²) in [5, 5.41) is 0. The molecule has 112 valence electrons. The maximum atomic E-state index is 12.4. The number of para-hydroxylation sites is 1. The van der Waals surface area contributed by atoms with Crippen LogP contribution < -0.4 is 10.5 Å². The second-order valence-corrected chi connectivity index (χ2v) is 5.07. The van der Waals surface area contributed by atoms with Gasteiger partial charge in [-0.25, -0.2) is 0 Å². The largest absolute Gasteiger partial charge is 0.496 e. The van der Waals surface area contributed by atoms with Gasteiger partial charge in [0.1, 0.15) is 5.75 Å². The molecule has 1 aliphatic heterocycles. The van der Waals surface area contributed by atoms with Crippen LogP contribution in [0.15, 0.2) is 24.3 Å². The van der Waals surface area contributed by atoms with E-state index in [-0.39, 0.29) is 30.3 Å². The number of carbonyl (C=O) groups is 1. The third kappa shape index (κ3) is 3.25. The van der Waals surface area contributed by atoms with Gasteiger partial charge in [-0.05, 0) is 18.9 Å². The van der Waals surface area contributed by atoms with E-state index in [9.17, 15) is 4.79 Å². The first-order valence-electron chi connectivity index (χ1n) is 6.82. The average molecular weight is 299 g/mol. The van der Waals surface area contributed by atoms with E-state index >= 15 is 0 Å². The number of ether oxygens (including phenoxy) is 1. The molecule has 2 N–H and O–H groups in total. The van der Waals surface area contributed by atoms with E-state index in [1.54, 1.807) is 7.11 Å². The number of nitrogens with two attached hydrogens (primary N) is 1. The predicted molar refractivity (Wildman–Crippen MR) is 82.1 cm³/mol. The van der Waals surface area contributed by atoms with Gasteiger partial charge in [0.15, 0.2) is 0 Å². The van der Waals surface area contributed by atoms with Crippen molar-refractivity contribution >= 4 is 18.3 Å². The Morgan fingerprint density at radius 3 is 2.85 bits per heavy atom. The molecule has 2 atom stereocenters. The summed E-state index contributed by atoms with van der Waals surface area (Å²) in [4.78, 5) is 14.3. The van der Waals surface area contributed by atoms with Crippen molar-refractivity contribution in [2.45, 2.75) is 25.8 Å². The zero-order valence-corrected chi connectivity index (χ0v) is 12.9. The van der Waals surface area contributed by atoms with Crippen molar-refractivity contribution in [1.82, 2.24) is 4.90 Å². The Kier molecular flexibility index (Phi) is 6.30. The number of methoxy groups -OCH3 is 1. The molecule has 2 unspecified atom stereocenters. The number of hydrogen-bond acceptors (Lipinski definition) is 3. The van der Waals surface area contributed by atoms with E-state index in [1.165, 1.54) is 0 Å². The molecule has 0 bridgehead atoms. The van der Waals surface area contributed by atoms with Crippen molar-refractivity contribution in [3.63, 3.8) is 0 Å². The summed E-state index contributed by atoms with van der Waals surface area (Å²) in [6.07, 6.45) is 2.02. The topological polar surface area (TPSA) is 55.6 Å². The number of amides is 1. The molecule has 0 spiro atoms. The molecule has 1 saturated heterocycles. The van der Waals surface area contributed by atoms with Crippen LogP contribution in [-0.2, 0) is 4.79 Å². The molecule has 0 saturated carbocycles. The number of benzene rings is 1. The lowest BCUT2D eigenvalue weighted by atomic mass is 10.0. The molecule has 0 aromatic heterocycles. The summed E-state index contributed by atoms with van der Waals surface area (Å²) in [7, 11) is 1.67. The van der Waals surface area contributed by atoms with Gasteiger partial charge in [0.2, 0.25) is 5.91 Å². The molecule has 4 nitrogen and oxygen atoms in total. The van der Waals surface area contributed by atoms with Crippen LogP contribution >= 0.6 is 12.4 Å². The smallest absolute Gasteiger partial charge is 0.227 e. The minimum atomic E-state index is -0.115. The lowest BCUT2D eigenvalue weighted by Crippen LogP contribution is -2.37. The molecule has 1 aromatic rings. The van der Waals surface area contributed by atoms with Gasteiger partial charge in [-0.15, -0.1) is 12.4 Å². The number of hydrogen-bond donors (Lipinski definition) is 1. The zero-order chi connectivity index (χ0) is 13.8. The van der Waals surface area contributed by atoms with Gasteiger partial charge in [-0.1, -0.05) is 25.1 Å². The lowest BCUT2D eigenvalue weighted by Gasteiger charge is -2.28. The lowest BCUT2D eigenvalue weighted by molar-refractivity contribution is -0.135. The van der Waals surface area contributed by atoms with Crippen LogP contribution in [0.3, 0.4) is 0 Å². The fraction of sp³-hybridized carbons (Fsp3) is 0.533. The van der Waals surface area contributed by atoms with Crippen LogP contribution in [0.25, 0.3) is 0 Å². The standard InChI is InChI=1S/C15H22N2O2.ClH/c1-11(10-16)15(18)17-9-5-7-13(17)12-6-3-4-8-14(12)19-2;/h3-4,6,8,11,13H,5,7,9-10,16H2,1-2H3;1H. The van der Waals surface area contributed by atoms with Gasteiger partial charge < -0.3 is 15.4 Å². The molecule has 1 aromatic carbocycles. The molecule has 5 heteroatoms. The summed E-state index contributed by atoms with van der Waals surface area (Å²) in [5.74, 6) is 0.888. The molecule has 20 heavy (non-hydrogen) atoms. The highest BCUT2D eigenvalue weighted by atomic mass is 35.5. The maximum absolute atomic E-state index is 12.4. The molecular formula is C15H23ClN2O2. The van der Waals surface area contributed by atoms with Crippen molar-refractivity contribution in [2.24, 2.45) is 11.7 Å². The van der Waals surface area contributed by atoms with Crippen molar-refractivity contribution in [3.05, 3.63) is 29.8 Å². The van der Waals surface area contributed by atoms with Crippen molar-refractivity contribution in [1.29, 1.82) is 0 Å². The monoisotopic (exact) mass is 298 g/mol. The Morgan fingerprint density at radius 1 is 1.50 bits per heavy atom. The van der Waals surface area contributed by atoms with Crippen LogP contribution in [0.2, 0.25) is 0 Å². The quantitative estimate of drug-likeness (QED) is 0.928. The molecule has 1 heterocycles. The summed E-state index contributed by atoms with van der Waals surface area (Å²) in [6, 6.07) is 8.06. The van der Waals surface area contributed by atoms with Crippen LogP contribution in [0, 0.1) is 5.92 Å². The maximum Gasteiger partial charge on any atom is 0.227 e. The highest BCUT2D eigenvalue weighted by Crippen LogP contribution is 2.37. The molecule has 1 aliphatic rings. The number of rotatable bonds is 4. The predicted octanol–water partition coefficient (Wildman–Crippen LogP) is 2.38. The minimum Gasteiger partial charge on any atom is -0.496 e. The fourth-order valence-electron chi connectivity index (χ4n) is 2.68. The molecule has 2 rings (SSSR count). The van der Waals surface area contributed by atoms with E-state index < -0.39 is 0 Å². The molecule has 0 aliphatic carbocycles. The number of halogens is 1. The first-order chi connectivity index (χ1) is 9.19. The molecule has 1 fully saturated rings. The third-order valence-electron chi connectivity index (χ3n) is 3.81. The minimum absolute atomic E-state index is 0. The summed E-state index contributed by atoms with van der Waals surface area (Å²) in [5.41, 5.74) is 6.71. The highest BCUT2D eigenvalue weighted by molar-refractivity contribution is 5.85. The van der Waals surface area contributed by atoms with Gasteiger partial charge in [0.25, 0.3) is 0 Å². The second kappa shape index (κ2) is 7.50. The summed E-state index contributed by atoms with van der Waals surface area (Å²) < 4.78 is 5.41. The third-order valence-corrected chi connectivity index (χ3v) is 3.81. The summed E-state index contributed by atoms with van der Waals surface area (Å²) in [6.45, 7) is 3.10. The van der Waals surface area contributed by atoms with E-state index in [0.29, 0.717) is 6.54 Å². The van der Waals surface area contributed by atoms with Gasteiger partial charge in [-0.3, -0.25) is 4.79 Å². The van der Waals surface area contributed by atoms with Crippen molar-refractivity contribution in [3.8, 4) is 5.75 Å².